The molecule has 1 aromatic carbocycles. The number of alkyl halides is 3. The molecule has 0 saturated carbocycles. The molecule has 0 spiro atoms. The summed E-state index contributed by atoms with van der Waals surface area (Å²) in [5.74, 6) is -1.20. The fourth-order valence-corrected chi connectivity index (χ4v) is 3.03. The van der Waals surface area contributed by atoms with E-state index in [-0.39, 0.29) is 37.8 Å². The van der Waals surface area contributed by atoms with Crippen LogP contribution in [-0.4, -0.2) is 56.7 Å². The van der Waals surface area contributed by atoms with Crippen LogP contribution in [0.25, 0.3) is 0 Å². The van der Waals surface area contributed by atoms with Gasteiger partial charge in [-0.3, -0.25) is 9.59 Å². The number of halogens is 3. The van der Waals surface area contributed by atoms with Gasteiger partial charge in [-0.05, 0) is 37.0 Å². The van der Waals surface area contributed by atoms with Crippen molar-refractivity contribution in [2.24, 2.45) is 5.92 Å². The van der Waals surface area contributed by atoms with E-state index in [2.05, 4.69) is 5.32 Å². The van der Waals surface area contributed by atoms with Gasteiger partial charge in [-0.1, -0.05) is 6.07 Å². The average Bonchev–Trinajstić information content (AvgIpc) is 2.66. The van der Waals surface area contributed by atoms with Gasteiger partial charge < -0.3 is 19.7 Å². The number of carbonyl (C=O) groups is 2. The van der Waals surface area contributed by atoms with Gasteiger partial charge >= 0.3 is 12.1 Å². The van der Waals surface area contributed by atoms with Gasteiger partial charge in [0.1, 0.15) is 0 Å². The summed E-state index contributed by atoms with van der Waals surface area (Å²) >= 11 is 0. The molecule has 27 heavy (non-hydrogen) atoms. The molecule has 2 rings (SSSR count). The Morgan fingerprint density at radius 1 is 1.15 bits per heavy atom. The summed E-state index contributed by atoms with van der Waals surface area (Å²) in [5, 5.41) is 2.80. The molecule has 0 radical (unpaired) electrons. The van der Waals surface area contributed by atoms with E-state index in [1.165, 1.54) is 0 Å². The van der Waals surface area contributed by atoms with E-state index in [1.807, 2.05) is 12.1 Å². The van der Waals surface area contributed by atoms with Gasteiger partial charge in [-0.25, -0.2) is 0 Å². The minimum Gasteiger partial charge on any atom is -0.493 e. The van der Waals surface area contributed by atoms with Crippen LogP contribution >= 0.6 is 0 Å². The van der Waals surface area contributed by atoms with Crippen molar-refractivity contribution in [1.82, 2.24) is 10.2 Å². The van der Waals surface area contributed by atoms with Crippen LogP contribution in [0.2, 0.25) is 0 Å². The largest absolute Gasteiger partial charge is 0.493 e. The fourth-order valence-electron chi connectivity index (χ4n) is 3.03. The second-order valence-corrected chi connectivity index (χ2v) is 6.29. The van der Waals surface area contributed by atoms with Crippen LogP contribution in [0.3, 0.4) is 0 Å². The van der Waals surface area contributed by atoms with Crippen LogP contribution in [0.15, 0.2) is 18.2 Å². The lowest BCUT2D eigenvalue weighted by molar-refractivity contribution is -0.186. The lowest BCUT2D eigenvalue weighted by Gasteiger charge is -2.31. The van der Waals surface area contributed by atoms with Crippen LogP contribution in [0.5, 0.6) is 11.5 Å². The number of rotatable bonds is 6. The van der Waals surface area contributed by atoms with Gasteiger partial charge in [0.15, 0.2) is 11.5 Å². The third kappa shape index (κ3) is 5.51. The molecule has 0 aromatic heterocycles. The SMILES string of the molecule is COc1ccc(CCNC(=O)C2CCN(C(=O)C(F)(F)F)CC2)cc1OC. The minimum absolute atomic E-state index is 0.0634. The first-order chi connectivity index (χ1) is 12.8. The van der Waals surface area contributed by atoms with Gasteiger partial charge in [0.05, 0.1) is 14.2 Å². The number of benzene rings is 1. The molecule has 0 bridgehead atoms. The highest BCUT2D eigenvalue weighted by Crippen LogP contribution is 2.27. The average molecular weight is 388 g/mol. The number of hydrogen-bond donors (Lipinski definition) is 1. The molecule has 9 heteroatoms. The van der Waals surface area contributed by atoms with Gasteiger partial charge in [0.2, 0.25) is 5.91 Å². The summed E-state index contributed by atoms with van der Waals surface area (Å²) < 4.78 is 47.7. The standard InChI is InChI=1S/C18H23F3N2O4/c1-26-14-4-3-12(11-15(14)27-2)5-8-22-16(24)13-6-9-23(10-7-13)17(25)18(19,20)21/h3-4,11,13H,5-10H2,1-2H3,(H,22,24). The van der Waals surface area contributed by atoms with Crippen molar-refractivity contribution in [3.8, 4) is 11.5 Å². The van der Waals surface area contributed by atoms with Crippen molar-refractivity contribution in [3.63, 3.8) is 0 Å². The third-order valence-corrected chi connectivity index (χ3v) is 4.56. The van der Waals surface area contributed by atoms with E-state index in [0.717, 1.165) is 10.5 Å². The molecule has 2 amide bonds. The molecule has 1 aliphatic rings. The molecule has 0 aliphatic carbocycles. The van der Waals surface area contributed by atoms with Crippen molar-refractivity contribution in [1.29, 1.82) is 0 Å². The fraction of sp³-hybridized carbons (Fsp3) is 0.556. The van der Waals surface area contributed by atoms with Gasteiger partial charge in [-0.2, -0.15) is 13.2 Å². The third-order valence-electron chi connectivity index (χ3n) is 4.56. The Labute approximate surface area is 155 Å². The highest BCUT2D eigenvalue weighted by Gasteiger charge is 2.43. The Kier molecular flexibility index (Phi) is 6.92. The Hall–Kier alpha value is -2.45. The zero-order valence-corrected chi connectivity index (χ0v) is 15.3. The van der Waals surface area contributed by atoms with E-state index in [0.29, 0.717) is 24.5 Å². The second-order valence-electron chi connectivity index (χ2n) is 6.29. The Bertz CT molecular complexity index is 671. The molecular weight excluding hydrogens is 365 g/mol. The summed E-state index contributed by atoms with van der Waals surface area (Å²) in [6, 6.07) is 5.48. The molecule has 6 nitrogen and oxygen atoms in total. The maximum Gasteiger partial charge on any atom is 0.471 e. The Balaban J connectivity index is 1.78. The van der Waals surface area contributed by atoms with Crippen molar-refractivity contribution in [2.45, 2.75) is 25.4 Å². The zero-order chi connectivity index (χ0) is 20.0. The maximum absolute atomic E-state index is 12.4. The van der Waals surface area contributed by atoms with Gasteiger partial charge in [-0.15, -0.1) is 0 Å². The Morgan fingerprint density at radius 3 is 2.33 bits per heavy atom. The first kappa shape index (κ1) is 20.9. The number of methoxy groups -OCH3 is 2. The Morgan fingerprint density at radius 2 is 1.78 bits per heavy atom. The monoisotopic (exact) mass is 388 g/mol. The van der Waals surface area contributed by atoms with E-state index >= 15 is 0 Å². The highest BCUT2D eigenvalue weighted by molar-refractivity contribution is 5.83. The van der Waals surface area contributed by atoms with E-state index in [4.69, 9.17) is 9.47 Å². The number of ether oxygens (including phenoxy) is 2. The smallest absolute Gasteiger partial charge is 0.471 e. The van der Waals surface area contributed by atoms with Gasteiger partial charge in [0, 0.05) is 25.6 Å². The quantitative estimate of drug-likeness (QED) is 0.811. The summed E-state index contributed by atoms with van der Waals surface area (Å²) in [5.41, 5.74) is 0.957. The minimum atomic E-state index is -4.87. The molecule has 1 fully saturated rings. The maximum atomic E-state index is 12.4. The van der Waals surface area contributed by atoms with E-state index < -0.39 is 12.1 Å². The summed E-state index contributed by atoms with van der Waals surface area (Å²) in [6.07, 6.45) is -3.83. The normalized spacial score (nSPS) is 15.4. The lowest BCUT2D eigenvalue weighted by atomic mass is 9.95. The van der Waals surface area contributed by atoms with Crippen molar-refractivity contribution < 1.29 is 32.2 Å². The van der Waals surface area contributed by atoms with Crippen LogP contribution in [0, 0.1) is 5.92 Å². The van der Waals surface area contributed by atoms with Crippen LogP contribution in [-0.2, 0) is 16.0 Å². The molecule has 0 unspecified atom stereocenters. The summed E-state index contributed by atoms with van der Waals surface area (Å²) in [7, 11) is 3.09. The lowest BCUT2D eigenvalue weighted by Crippen LogP contribution is -2.47. The zero-order valence-electron chi connectivity index (χ0n) is 15.3. The number of nitrogens with zero attached hydrogens (tertiary/aromatic N) is 1. The molecule has 1 heterocycles. The molecule has 1 aromatic rings. The molecule has 1 aliphatic heterocycles. The van der Waals surface area contributed by atoms with Crippen molar-refractivity contribution in [3.05, 3.63) is 23.8 Å². The van der Waals surface area contributed by atoms with Crippen molar-refractivity contribution >= 4 is 11.8 Å². The first-order valence-electron chi connectivity index (χ1n) is 8.61. The highest BCUT2D eigenvalue weighted by atomic mass is 19.4. The number of nitrogens with one attached hydrogen (secondary N) is 1. The van der Waals surface area contributed by atoms with Crippen LogP contribution in [0.4, 0.5) is 13.2 Å². The molecule has 1 saturated heterocycles. The number of hydrogen-bond acceptors (Lipinski definition) is 4. The van der Waals surface area contributed by atoms with E-state index in [1.54, 1.807) is 20.3 Å². The van der Waals surface area contributed by atoms with Crippen LogP contribution < -0.4 is 14.8 Å². The van der Waals surface area contributed by atoms with Crippen LogP contribution in [0.1, 0.15) is 18.4 Å². The molecule has 0 atom stereocenters. The number of amides is 2. The molecule has 150 valence electrons. The van der Waals surface area contributed by atoms with Crippen molar-refractivity contribution in [2.75, 3.05) is 33.9 Å². The number of carbonyl (C=O) groups excluding carboxylic acids is 2. The summed E-state index contributed by atoms with van der Waals surface area (Å²) in [4.78, 5) is 24.2. The topological polar surface area (TPSA) is 67.9 Å². The molecular formula is C18H23F3N2O4. The number of likely N-dealkylation sites (tertiary alicyclic amines) is 1. The first-order valence-corrected chi connectivity index (χ1v) is 8.61. The predicted molar refractivity (Wildman–Crippen MR) is 91.6 cm³/mol. The predicted octanol–water partition coefficient (Wildman–Crippen LogP) is 2.16. The summed E-state index contributed by atoms with van der Waals surface area (Å²) in [6.45, 7) is 0.272. The van der Waals surface area contributed by atoms with Gasteiger partial charge in [0.25, 0.3) is 0 Å². The second kappa shape index (κ2) is 8.96. The van der Waals surface area contributed by atoms with E-state index in [9.17, 15) is 22.8 Å². The number of piperidine rings is 1. The molecule has 1 N–H and O–H groups in total.